The predicted octanol–water partition coefficient (Wildman–Crippen LogP) is 7.96. The molecule has 2 unspecified atom stereocenters. The normalized spacial score (nSPS) is 13.5. The maximum Gasteiger partial charge on any atom is 0.123 e. The zero-order valence-electron chi connectivity index (χ0n) is 19.6. The van der Waals surface area contributed by atoms with E-state index in [9.17, 15) is 0 Å². The summed E-state index contributed by atoms with van der Waals surface area (Å²) in [6, 6.07) is 12.8. The summed E-state index contributed by atoms with van der Waals surface area (Å²) in [4.78, 5) is 0. The van der Waals surface area contributed by atoms with Crippen molar-refractivity contribution in [2.24, 2.45) is 0 Å². The monoisotopic (exact) mass is 482 g/mol. The number of hydrogen-bond donors (Lipinski definition) is 0. The number of alkyl halides is 2. The van der Waals surface area contributed by atoms with Crippen molar-refractivity contribution in [1.82, 2.24) is 0 Å². The second-order valence-corrected chi connectivity index (χ2v) is 10.9. The van der Waals surface area contributed by atoms with Gasteiger partial charge in [-0.25, -0.2) is 0 Å². The lowest BCUT2D eigenvalue weighted by Gasteiger charge is -2.23. The number of rotatable bonds is 12. The molecule has 2 aromatic rings. The summed E-state index contributed by atoms with van der Waals surface area (Å²) in [7, 11) is 0. The molecule has 2 nitrogen and oxygen atoms in total. The Morgan fingerprint density at radius 3 is 1.42 bits per heavy atom. The highest BCUT2D eigenvalue weighted by molar-refractivity contribution is 8.00. The molecule has 0 aliphatic heterocycles. The lowest BCUT2D eigenvalue weighted by molar-refractivity contribution is 0.311. The van der Waals surface area contributed by atoms with E-state index in [2.05, 4.69) is 77.9 Å². The molecule has 0 fully saturated rings. The number of halogens is 2. The summed E-state index contributed by atoms with van der Waals surface area (Å²) in [5.41, 5.74) is 4.84. The van der Waals surface area contributed by atoms with Gasteiger partial charge < -0.3 is 9.47 Å². The molecule has 0 spiro atoms. The minimum atomic E-state index is 0.136. The van der Waals surface area contributed by atoms with Crippen molar-refractivity contribution in [2.75, 3.05) is 25.0 Å². The molecule has 0 aliphatic carbocycles. The van der Waals surface area contributed by atoms with Gasteiger partial charge in [0.1, 0.15) is 24.7 Å². The van der Waals surface area contributed by atoms with Crippen LogP contribution < -0.4 is 9.47 Å². The molecule has 172 valence electrons. The molecule has 0 aromatic heterocycles. The number of aryl methyl sites for hydroxylation is 2. The topological polar surface area (TPSA) is 18.5 Å². The van der Waals surface area contributed by atoms with Crippen LogP contribution in [-0.4, -0.2) is 35.5 Å². The lowest BCUT2D eigenvalue weighted by atomic mass is 10.0. The summed E-state index contributed by atoms with van der Waals surface area (Å²) in [5.74, 6) is 3.72. The van der Waals surface area contributed by atoms with Crippen LogP contribution in [0.5, 0.6) is 11.5 Å². The second kappa shape index (κ2) is 12.9. The van der Waals surface area contributed by atoms with Crippen LogP contribution in [0.1, 0.15) is 61.8 Å². The molecule has 0 saturated heterocycles. The van der Waals surface area contributed by atoms with E-state index in [4.69, 9.17) is 32.7 Å². The summed E-state index contributed by atoms with van der Waals surface area (Å²) in [6.07, 6.45) is 0. The molecule has 0 radical (unpaired) electrons. The van der Waals surface area contributed by atoms with E-state index in [1.54, 1.807) is 11.8 Å². The largest absolute Gasteiger partial charge is 0.492 e. The molecule has 0 heterocycles. The van der Waals surface area contributed by atoms with Crippen molar-refractivity contribution in [3.8, 4) is 11.5 Å². The van der Waals surface area contributed by atoms with Crippen LogP contribution in [-0.2, 0) is 0 Å². The average Bonchev–Trinajstić information content (AvgIpc) is 2.73. The van der Waals surface area contributed by atoms with E-state index in [-0.39, 0.29) is 10.5 Å². The van der Waals surface area contributed by atoms with E-state index in [0.717, 1.165) is 11.5 Å². The van der Waals surface area contributed by atoms with E-state index < -0.39 is 0 Å². The van der Waals surface area contributed by atoms with Crippen LogP contribution in [0.3, 0.4) is 0 Å². The van der Waals surface area contributed by atoms with Gasteiger partial charge in [-0.15, -0.1) is 35.0 Å². The lowest BCUT2D eigenvalue weighted by Crippen LogP contribution is -2.25. The first-order chi connectivity index (χ1) is 14.7. The first-order valence-corrected chi connectivity index (χ1v) is 13.0. The third-order valence-corrected chi connectivity index (χ3v) is 7.65. The summed E-state index contributed by atoms with van der Waals surface area (Å²) >= 11 is 14.3. The molecular formula is C26H36Cl2O2S. The quantitative estimate of drug-likeness (QED) is 0.285. The van der Waals surface area contributed by atoms with Gasteiger partial charge >= 0.3 is 0 Å². The highest BCUT2D eigenvalue weighted by atomic mass is 35.5. The van der Waals surface area contributed by atoms with Gasteiger partial charge in [-0.2, -0.15) is 0 Å². The van der Waals surface area contributed by atoms with Gasteiger partial charge in [0.05, 0.1) is 10.5 Å². The van der Waals surface area contributed by atoms with Crippen molar-refractivity contribution in [2.45, 2.75) is 63.9 Å². The molecule has 0 saturated carbocycles. The maximum absolute atomic E-state index is 6.29. The Bertz CT molecular complexity index is 756. The fourth-order valence-electron chi connectivity index (χ4n) is 3.37. The Balaban J connectivity index is 1.99. The van der Waals surface area contributed by atoms with Gasteiger partial charge in [-0.3, -0.25) is 0 Å². The Morgan fingerprint density at radius 2 is 1.10 bits per heavy atom. The first kappa shape index (κ1) is 26.2. The first-order valence-electron chi connectivity index (χ1n) is 11.0. The van der Waals surface area contributed by atoms with Crippen LogP contribution in [0, 0.1) is 13.8 Å². The summed E-state index contributed by atoms with van der Waals surface area (Å²) < 4.78 is 12.4. The van der Waals surface area contributed by atoms with E-state index in [1.165, 1.54) is 22.3 Å². The average molecular weight is 484 g/mol. The van der Waals surface area contributed by atoms with E-state index in [0.29, 0.717) is 36.8 Å². The van der Waals surface area contributed by atoms with Gasteiger partial charge in [0, 0.05) is 11.8 Å². The number of thioether (sulfide) groups is 1. The molecule has 2 rings (SSSR count). The second-order valence-electron chi connectivity index (χ2n) is 8.70. The maximum atomic E-state index is 6.29. The van der Waals surface area contributed by atoms with Gasteiger partial charge in [0.25, 0.3) is 0 Å². The van der Waals surface area contributed by atoms with Crippen molar-refractivity contribution < 1.29 is 9.47 Å². The SMILES string of the molecule is Cc1ccc(C(C)C)c(OCC(CCl)SC(CCl)COc2cc(C)ccc2C(C)C)c1. The molecule has 5 heteroatoms. The van der Waals surface area contributed by atoms with Gasteiger partial charge in [-0.1, -0.05) is 52.0 Å². The third-order valence-electron chi connectivity index (χ3n) is 5.16. The van der Waals surface area contributed by atoms with Crippen molar-refractivity contribution in [3.63, 3.8) is 0 Å². The molecular weight excluding hydrogens is 447 g/mol. The summed E-state index contributed by atoms with van der Waals surface area (Å²) in [5, 5.41) is 0.272. The van der Waals surface area contributed by atoms with Crippen LogP contribution in [0.4, 0.5) is 0 Å². The fourth-order valence-corrected chi connectivity index (χ4v) is 4.96. The zero-order valence-corrected chi connectivity index (χ0v) is 21.9. The van der Waals surface area contributed by atoms with E-state index >= 15 is 0 Å². The predicted molar refractivity (Wildman–Crippen MR) is 138 cm³/mol. The molecule has 0 aliphatic rings. The Kier molecular flexibility index (Phi) is 10.9. The standard InChI is InChI=1S/C26H36Cl2O2S/c1-17(2)23-9-7-19(5)11-25(23)29-15-21(13-27)31-22(14-28)16-30-26-12-20(6)8-10-24(26)18(3)4/h7-12,17-18,21-22H,13-16H2,1-6H3. The highest BCUT2D eigenvalue weighted by Gasteiger charge is 2.20. The Labute approximate surface area is 203 Å². The molecule has 2 aromatic carbocycles. The molecule has 0 bridgehead atoms. The minimum absolute atomic E-state index is 0.136. The molecule has 0 N–H and O–H groups in total. The van der Waals surface area contributed by atoms with Gasteiger partial charge in [0.15, 0.2) is 0 Å². The van der Waals surface area contributed by atoms with Crippen LogP contribution in [0.15, 0.2) is 36.4 Å². The Morgan fingerprint density at radius 1 is 0.710 bits per heavy atom. The van der Waals surface area contributed by atoms with Crippen LogP contribution in [0.25, 0.3) is 0 Å². The van der Waals surface area contributed by atoms with Crippen molar-refractivity contribution in [1.29, 1.82) is 0 Å². The minimum Gasteiger partial charge on any atom is -0.492 e. The fraction of sp³-hybridized carbons (Fsp3) is 0.538. The van der Waals surface area contributed by atoms with Crippen LogP contribution in [0.2, 0.25) is 0 Å². The molecule has 31 heavy (non-hydrogen) atoms. The zero-order chi connectivity index (χ0) is 23.0. The number of benzene rings is 2. The van der Waals surface area contributed by atoms with E-state index in [1.807, 2.05) is 0 Å². The number of hydrogen-bond acceptors (Lipinski definition) is 3. The highest BCUT2D eigenvalue weighted by Crippen LogP contribution is 2.31. The van der Waals surface area contributed by atoms with Gasteiger partial charge in [0.2, 0.25) is 0 Å². The van der Waals surface area contributed by atoms with Gasteiger partial charge in [-0.05, 0) is 60.1 Å². The molecule has 0 amide bonds. The molecule has 2 atom stereocenters. The smallest absolute Gasteiger partial charge is 0.123 e. The number of ether oxygens (including phenoxy) is 2. The Hall–Kier alpha value is -1.03. The van der Waals surface area contributed by atoms with Crippen molar-refractivity contribution in [3.05, 3.63) is 58.7 Å². The summed E-state index contributed by atoms with van der Waals surface area (Å²) in [6.45, 7) is 14.0. The third kappa shape index (κ3) is 8.11. The van der Waals surface area contributed by atoms with Crippen LogP contribution >= 0.6 is 35.0 Å². The van der Waals surface area contributed by atoms with Crippen molar-refractivity contribution >= 4 is 35.0 Å².